The number of nitrogens with two attached hydrogens (primary N) is 1. The van der Waals surface area contributed by atoms with Crippen molar-refractivity contribution in [1.29, 1.82) is 0 Å². The Morgan fingerprint density at radius 3 is 2.33 bits per heavy atom. The lowest BCUT2D eigenvalue weighted by atomic mass is 9.90. The van der Waals surface area contributed by atoms with E-state index < -0.39 is 10.0 Å². The van der Waals surface area contributed by atoms with Crippen molar-refractivity contribution in [3.8, 4) is 0 Å². The van der Waals surface area contributed by atoms with E-state index >= 15 is 0 Å². The van der Waals surface area contributed by atoms with Crippen LogP contribution in [-0.2, 0) is 14.8 Å². The van der Waals surface area contributed by atoms with Gasteiger partial charge < -0.3 is 10.2 Å². The van der Waals surface area contributed by atoms with E-state index in [4.69, 9.17) is 10.6 Å². The molecule has 6 nitrogen and oxygen atoms in total. The van der Waals surface area contributed by atoms with E-state index in [-0.39, 0.29) is 12.1 Å². The molecule has 2 rings (SSSR count). The van der Waals surface area contributed by atoms with E-state index in [9.17, 15) is 8.42 Å². The zero-order valence-electron chi connectivity index (χ0n) is 12.6. The number of hydrazine groups is 1. The second kappa shape index (κ2) is 6.31. The van der Waals surface area contributed by atoms with Gasteiger partial charge in [0.15, 0.2) is 0 Å². The highest BCUT2D eigenvalue weighted by atomic mass is 32.2. The van der Waals surface area contributed by atoms with E-state index in [1.54, 1.807) is 26.0 Å². The first-order valence-electron chi connectivity index (χ1n) is 7.09. The molecule has 0 aliphatic heterocycles. The summed E-state index contributed by atoms with van der Waals surface area (Å²) in [6, 6.07) is 3.41. The summed E-state index contributed by atoms with van der Waals surface area (Å²) in [5.41, 5.74) is 4.59. The van der Waals surface area contributed by atoms with Gasteiger partial charge >= 0.3 is 0 Å². The number of ether oxygens (including phenoxy) is 1. The molecule has 1 fully saturated rings. The molecule has 0 spiro atoms. The van der Waals surface area contributed by atoms with Crippen LogP contribution in [0.2, 0.25) is 0 Å². The molecule has 0 bridgehead atoms. The quantitative estimate of drug-likeness (QED) is 0.546. The van der Waals surface area contributed by atoms with Crippen molar-refractivity contribution in [2.24, 2.45) is 5.84 Å². The van der Waals surface area contributed by atoms with Crippen molar-refractivity contribution in [2.75, 3.05) is 12.0 Å². The number of sulfonamides is 1. The Kier molecular flexibility index (Phi) is 4.88. The predicted molar refractivity (Wildman–Crippen MR) is 82.5 cm³/mol. The van der Waals surface area contributed by atoms with E-state index in [0.29, 0.717) is 28.3 Å². The summed E-state index contributed by atoms with van der Waals surface area (Å²) in [6.45, 7) is 6.14. The first-order valence-corrected chi connectivity index (χ1v) is 8.57. The van der Waals surface area contributed by atoms with E-state index in [1.165, 1.54) is 0 Å². The Bertz CT molecular complexity index is 587. The fourth-order valence-electron chi connectivity index (χ4n) is 2.77. The Morgan fingerprint density at radius 1 is 1.29 bits per heavy atom. The molecule has 4 N–H and O–H groups in total. The van der Waals surface area contributed by atoms with E-state index in [1.807, 2.05) is 6.92 Å². The van der Waals surface area contributed by atoms with Crippen molar-refractivity contribution in [3.05, 3.63) is 23.3 Å². The molecule has 0 unspecified atom stereocenters. The largest absolute Gasteiger partial charge is 0.378 e. The van der Waals surface area contributed by atoms with Crippen LogP contribution in [-0.4, -0.2) is 27.2 Å². The molecule has 21 heavy (non-hydrogen) atoms. The zero-order valence-corrected chi connectivity index (χ0v) is 13.5. The number of hydrogen-bond acceptors (Lipinski definition) is 5. The highest BCUT2D eigenvalue weighted by molar-refractivity contribution is 7.89. The maximum Gasteiger partial charge on any atom is 0.241 e. The smallest absolute Gasteiger partial charge is 0.241 e. The molecule has 0 atom stereocenters. The molecule has 1 saturated carbocycles. The van der Waals surface area contributed by atoms with Crippen LogP contribution in [0.15, 0.2) is 17.0 Å². The molecule has 0 aromatic heterocycles. The van der Waals surface area contributed by atoms with Gasteiger partial charge in [0.2, 0.25) is 10.0 Å². The van der Waals surface area contributed by atoms with Crippen LogP contribution >= 0.6 is 0 Å². The fourth-order valence-corrected chi connectivity index (χ4v) is 4.48. The summed E-state index contributed by atoms with van der Waals surface area (Å²) in [5, 5.41) is 0. The Morgan fingerprint density at radius 2 is 1.86 bits per heavy atom. The third-order valence-electron chi connectivity index (χ3n) is 3.71. The average molecular weight is 313 g/mol. The average Bonchev–Trinajstić information content (AvgIpc) is 2.34. The Hall–Kier alpha value is -1.15. The number of benzene rings is 1. The van der Waals surface area contributed by atoms with Gasteiger partial charge in [-0.1, -0.05) is 0 Å². The molecule has 0 heterocycles. The van der Waals surface area contributed by atoms with Crippen LogP contribution in [0.25, 0.3) is 0 Å². The van der Waals surface area contributed by atoms with Crippen LogP contribution in [0, 0.1) is 13.8 Å². The van der Waals surface area contributed by atoms with Crippen LogP contribution in [0.3, 0.4) is 0 Å². The molecule has 1 aliphatic carbocycles. The summed E-state index contributed by atoms with van der Waals surface area (Å²) in [7, 11) is -3.52. The molecular formula is C14H23N3O3S. The summed E-state index contributed by atoms with van der Waals surface area (Å²) in [4.78, 5) is 0.335. The highest BCUT2D eigenvalue weighted by Crippen LogP contribution is 2.28. The lowest BCUT2D eigenvalue weighted by Crippen LogP contribution is -2.47. The minimum atomic E-state index is -3.52. The van der Waals surface area contributed by atoms with Crippen molar-refractivity contribution < 1.29 is 13.2 Å². The van der Waals surface area contributed by atoms with Crippen LogP contribution in [0.5, 0.6) is 0 Å². The lowest BCUT2D eigenvalue weighted by molar-refractivity contribution is -0.00475. The first kappa shape index (κ1) is 16.2. The molecule has 1 aromatic carbocycles. The number of aryl methyl sites for hydroxylation is 2. The summed E-state index contributed by atoms with van der Waals surface area (Å²) in [6.07, 6.45) is 1.63. The second-order valence-electron chi connectivity index (χ2n) is 5.45. The molecule has 0 saturated heterocycles. The van der Waals surface area contributed by atoms with Crippen molar-refractivity contribution in [2.45, 2.75) is 50.7 Å². The van der Waals surface area contributed by atoms with Gasteiger partial charge in [-0.05, 0) is 56.9 Å². The second-order valence-corrected chi connectivity index (χ2v) is 7.10. The van der Waals surface area contributed by atoms with Gasteiger partial charge in [-0.2, -0.15) is 0 Å². The van der Waals surface area contributed by atoms with Gasteiger partial charge in [0.05, 0.1) is 11.0 Å². The number of nitrogen functional groups attached to an aromatic ring is 1. The Labute approximate surface area is 126 Å². The Balaban J connectivity index is 2.14. The van der Waals surface area contributed by atoms with Gasteiger partial charge in [-0.3, -0.25) is 5.84 Å². The van der Waals surface area contributed by atoms with E-state index in [2.05, 4.69) is 10.1 Å². The first-order chi connectivity index (χ1) is 9.87. The minimum Gasteiger partial charge on any atom is -0.378 e. The topological polar surface area (TPSA) is 93.4 Å². The minimum absolute atomic E-state index is 0.0438. The predicted octanol–water partition coefficient (Wildman–Crippen LogP) is 1.43. The monoisotopic (exact) mass is 313 g/mol. The molecular weight excluding hydrogens is 290 g/mol. The van der Waals surface area contributed by atoms with Crippen molar-refractivity contribution in [1.82, 2.24) is 4.72 Å². The summed E-state index contributed by atoms with van der Waals surface area (Å²) in [5.74, 6) is 5.37. The molecule has 1 aliphatic rings. The third-order valence-corrected chi connectivity index (χ3v) is 5.54. The van der Waals surface area contributed by atoms with Gasteiger partial charge in [-0.25, -0.2) is 13.1 Å². The number of rotatable bonds is 6. The maximum atomic E-state index is 12.5. The fraction of sp³-hybridized carbons (Fsp3) is 0.571. The normalized spacial score (nSPS) is 21.9. The van der Waals surface area contributed by atoms with Gasteiger partial charge in [0.1, 0.15) is 0 Å². The van der Waals surface area contributed by atoms with Crippen molar-refractivity contribution >= 4 is 15.7 Å². The molecule has 0 amide bonds. The molecule has 7 heteroatoms. The third kappa shape index (κ3) is 3.55. The maximum absolute atomic E-state index is 12.5. The van der Waals surface area contributed by atoms with Gasteiger partial charge in [0, 0.05) is 18.3 Å². The molecule has 118 valence electrons. The number of hydrogen-bond donors (Lipinski definition) is 3. The molecule has 1 aromatic rings. The number of anilines is 1. The van der Waals surface area contributed by atoms with Crippen LogP contribution < -0.4 is 16.0 Å². The van der Waals surface area contributed by atoms with Crippen molar-refractivity contribution in [3.63, 3.8) is 0 Å². The number of nitrogens with one attached hydrogen (secondary N) is 2. The van der Waals surface area contributed by atoms with E-state index in [0.717, 1.165) is 12.8 Å². The lowest BCUT2D eigenvalue weighted by Gasteiger charge is -2.35. The standard InChI is InChI=1S/C14H23N3O3S/c1-4-20-13-7-12(8-13)17-21(18,19)14-9(2)5-11(16-15)6-10(14)3/h5-6,12-13,16-17H,4,7-8,15H2,1-3H3. The molecule has 0 radical (unpaired) electrons. The van der Waals surface area contributed by atoms with Crippen LogP contribution in [0.4, 0.5) is 5.69 Å². The van der Waals surface area contributed by atoms with Crippen LogP contribution in [0.1, 0.15) is 30.9 Å². The summed E-state index contributed by atoms with van der Waals surface area (Å²) < 4.78 is 33.3. The zero-order chi connectivity index (χ0) is 15.6. The highest BCUT2D eigenvalue weighted by Gasteiger charge is 2.34. The van der Waals surface area contributed by atoms with Gasteiger partial charge in [-0.15, -0.1) is 0 Å². The SMILES string of the molecule is CCOC1CC(NS(=O)(=O)c2c(C)cc(NN)cc2C)C1. The summed E-state index contributed by atoms with van der Waals surface area (Å²) >= 11 is 0. The van der Waals surface area contributed by atoms with Gasteiger partial charge in [0.25, 0.3) is 0 Å².